The Bertz CT molecular complexity index is 520. The Morgan fingerprint density at radius 2 is 2.00 bits per heavy atom. The second kappa shape index (κ2) is 4.50. The first kappa shape index (κ1) is 11.5. The molecule has 0 fully saturated rings. The van der Waals surface area contributed by atoms with Crippen LogP contribution in [-0.4, -0.2) is 10.1 Å². The Labute approximate surface area is 104 Å². The highest BCUT2D eigenvalue weighted by Gasteiger charge is 2.09. The fourth-order valence-electron chi connectivity index (χ4n) is 1.62. The zero-order valence-corrected chi connectivity index (χ0v) is 10.2. The van der Waals surface area contributed by atoms with E-state index in [2.05, 4.69) is 4.98 Å². The average Bonchev–Trinajstić information content (AvgIpc) is 2.59. The number of aromatic nitrogens is 1. The van der Waals surface area contributed by atoms with E-state index >= 15 is 0 Å². The monoisotopic (exact) mass is 255 g/mol. The molecule has 0 spiro atoms. The van der Waals surface area contributed by atoms with Gasteiger partial charge in [0.15, 0.2) is 0 Å². The van der Waals surface area contributed by atoms with Gasteiger partial charge in [0, 0.05) is 22.0 Å². The molecule has 0 aliphatic heterocycles. The van der Waals surface area contributed by atoms with Gasteiger partial charge in [0.1, 0.15) is 0 Å². The van der Waals surface area contributed by atoms with Crippen molar-refractivity contribution >= 4 is 23.2 Å². The van der Waals surface area contributed by atoms with E-state index in [1.54, 1.807) is 12.1 Å². The molecular weight excluding hydrogens is 245 g/mol. The number of H-pyrrole nitrogens is 1. The molecule has 1 aromatic heterocycles. The van der Waals surface area contributed by atoms with Crippen molar-refractivity contribution in [1.29, 1.82) is 0 Å². The number of nitrogens with one attached hydrogen (secondary N) is 1. The fraction of sp³-hybridized carbons (Fsp3) is 0.167. The summed E-state index contributed by atoms with van der Waals surface area (Å²) in [4.78, 5) is 3.18. The SMILES string of the molecule is Cc1[nH]c(-c2ccc(Cl)cc2Cl)cc1CO. The first-order valence-corrected chi connectivity index (χ1v) is 5.62. The number of benzene rings is 1. The summed E-state index contributed by atoms with van der Waals surface area (Å²) in [5.74, 6) is 0. The third kappa shape index (κ3) is 2.09. The van der Waals surface area contributed by atoms with Crippen LogP contribution in [0.4, 0.5) is 0 Å². The normalized spacial score (nSPS) is 10.8. The minimum atomic E-state index is 0.0214. The lowest BCUT2D eigenvalue weighted by Gasteiger charge is -2.01. The number of rotatable bonds is 2. The van der Waals surface area contributed by atoms with Gasteiger partial charge in [-0.3, -0.25) is 0 Å². The van der Waals surface area contributed by atoms with Gasteiger partial charge >= 0.3 is 0 Å². The van der Waals surface area contributed by atoms with Crippen molar-refractivity contribution in [2.24, 2.45) is 0 Å². The van der Waals surface area contributed by atoms with E-state index in [-0.39, 0.29) is 6.61 Å². The Balaban J connectivity index is 2.50. The summed E-state index contributed by atoms with van der Waals surface area (Å²) < 4.78 is 0. The number of aliphatic hydroxyl groups is 1. The summed E-state index contributed by atoms with van der Waals surface area (Å²) >= 11 is 11.9. The first-order chi connectivity index (χ1) is 7.61. The van der Waals surface area contributed by atoms with E-state index in [1.807, 2.05) is 19.1 Å². The molecule has 4 heteroatoms. The van der Waals surface area contributed by atoms with E-state index in [0.717, 1.165) is 22.5 Å². The van der Waals surface area contributed by atoms with Crippen LogP contribution >= 0.6 is 23.2 Å². The van der Waals surface area contributed by atoms with Crippen molar-refractivity contribution in [2.75, 3.05) is 0 Å². The highest BCUT2D eigenvalue weighted by Crippen LogP contribution is 2.30. The predicted molar refractivity (Wildman–Crippen MR) is 66.9 cm³/mol. The van der Waals surface area contributed by atoms with Gasteiger partial charge in [-0.05, 0) is 36.8 Å². The van der Waals surface area contributed by atoms with Crippen LogP contribution in [0.25, 0.3) is 11.3 Å². The minimum absolute atomic E-state index is 0.0214. The molecule has 0 unspecified atom stereocenters. The third-order valence-corrected chi connectivity index (χ3v) is 3.06. The van der Waals surface area contributed by atoms with Crippen LogP contribution < -0.4 is 0 Å². The van der Waals surface area contributed by atoms with E-state index in [9.17, 15) is 0 Å². The lowest BCUT2D eigenvalue weighted by Crippen LogP contribution is -1.81. The van der Waals surface area contributed by atoms with E-state index < -0.39 is 0 Å². The highest BCUT2D eigenvalue weighted by atomic mass is 35.5. The summed E-state index contributed by atoms with van der Waals surface area (Å²) in [6, 6.07) is 7.24. The Kier molecular flexibility index (Phi) is 3.24. The van der Waals surface area contributed by atoms with Crippen molar-refractivity contribution in [3.8, 4) is 11.3 Å². The maximum absolute atomic E-state index is 9.12. The average molecular weight is 256 g/mol. The lowest BCUT2D eigenvalue weighted by molar-refractivity contribution is 0.281. The van der Waals surface area contributed by atoms with E-state index in [4.69, 9.17) is 28.3 Å². The molecule has 84 valence electrons. The van der Waals surface area contributed by atoms with Crippen LogP contribution in [0.15, 0.2) is 24.3 Å². The van der Waals surface area contributed by atoms with Crippen LogP contribution in [0.3, 0.4) is 0 Å². The largest absolute Gasteiger partial charge is 0.392 e. The summed E-state index contributed by atoms with van der Waals surface area (Å²) in [6.07, 6.45) is 0. The summed E-state index contributed by atoms with van der Waals surface area (Å²) in [5, 5.41) is 10.3. The van der Waals surface area contributed by atoms with Gasteiger partial charge in [-0.15, -0.1) is 0 Å². The van der Waals surface area contributed by atoms with Gasteiger partial charge in [0.25, 0.3) is 0 Å². The molecule has 0 radical (unpaired) electrons. The molecule has 0 bridgehead atoms. The lowest BCUT2D eigenvalue weighted by atomic mass is 10.1. The molecule has 16 heavy (non-hydrogen) atoms. The molecule has 2 nitrogen and oxygen atoms in total. The number of aromatic amines is 1. The second-order valence-corrected chi connectivity index (χ2v) is 4.46. The first-order valence-electron chi connectivity index (χ1n) is 4.86. The second-order valence-electron chi connectivity index (χ2n) is 3.62. The number of hydrogen-bond acceptors (Lipinski definition) is 1. The Morgan fingerprint density at radius 1 is 1.25 bits per heavy atom. The summed E-state index contributed by atoms with van der Waals surface area (Å²) in [5.41, 5.74) is 3.60. The minimum Gasteiger partial charge on any atom is -0.392 e. The van der Waals surface area contributed by atoms with Crippen molar-refractivity contribution in [2.45, 2.75) is 13.5 Å². The summed E-state index contributed by atoms with van der Waals surface area (Å²) in [6.45, 7) is 1.94. The number of aliphatic hydroxyl groups excluding tert-OH is 1. The molecule has 0 atom stereocenters. The maximum atomic E-state index is 9.12. The Morgan fingerprint density at radius 3 is 2.56 bits per heavy atom. The molecular formula is C12H11Cl2NO. The van der Waals surface area contributed by atoms with Gasteiger partial charge < -0.3 is 10.1 Å². The molecule has 2 aromatic rings. The van der Waals surface area contributed by atoms with Crippen molar-refractivity contribution in [3.05, 3.63) is 45.6 Å². The van der Waals surface area contributed by atoms with E-state index in [0.29, 0.717) is 10.0 Å². The van der Waals surface area contributed by atoms with Crippen LogP contribution in [0.5, 0.6) is 0 Å². The number of halogens is 2. The topological polar surface area (TPSA) is 36.0 Å². The zero-order chi connectivity index (χ0) is 11.7. The van der Waals surface area contributed by atoms with Gasteiger partial charge in [-0.2, -0.15) is 0 Å². The molecule has 1 heterocycles. The van der Waals surface area contributed by atoms with Crippen molar-refractivity contribution in [1.82, 2.24) is 4.98 Å². The molecule has 2 rings (SSSR count). The zero-order valence-electron chi connectivity index (χ0n) is 8.72. The van der Waals surface area contributed by atoms with Gasteiger partial charge in [-0.25, -0.2) is 0 Å². The van der Waals surface area contributed by atoms with Crippen LogP contribution in [-0.2, 0) is 6.61 Å². The van der Waals surface area contributed by atoms with Gasteiger partial charge in [-0.1, -0.05) is 23.2 Å². The Hall–Kier alpha value is -0.960. The molecule has 0 aliphatic carbocycles. The molecule has 0 aliphatic rings. The molecule has 0 saturated heterocycles. The standard InChI is InChI=1S/C12H11Cl2NO/c1-7-8(6-16)4-12(15-7)10-3-2-9(13)5-11(10)14/h2-5,15-16H,6H2,1H3. The van der Waals surface area contributed by atoms with Crippen LogP contribution in [0.1, 0.15) is 11.3 Å². The molecule has 0 amide bonds. The molecule has 0 saturated carbocycles. The number of hydrogen-bond donors (Lipinski definition) is 2. The quantitative estimate of drug-likeness (QED) is 0.842. The maximum Gasteiger partial charge on any atom is 0.0699 e. The van der Waals surface area contributed by atoms with Gasteiger partial charge in [0.2, 0.25) is 0 Å². The van der Waals surface area contributed by atoms with Crippen molar-refractivity contribution < 1.29 is 5.11 Å². The van der Waals surface area contributed by atoms with Crippen LogP contribution in [0.2, 0.25) is 10.0 Å². The predicted octanol–water partition coefficient (Wildman–Crippen LogP) is 3.79. The number of aryl methyl sites for hydroxylation is 1. The fourth-order valence-corrected chi connectivity index (χ4v) is 2.13. The molecule has 2 N–H and O–H groups in total. The molecule has 1 aromatic carbocycles. The van der Waals surface area contributed by atoms with Gasteiger partial charge in [0.05, 0.1) is 11.6 Å². The third-order valence-electron chi connectivity index (χ3n) is 2.51. The van der Waals surface area contributed by atoms with E-state index in [1.165, 1.54) is 0 Å². The smallest absolute Gasteiger partial charge is 0.0699 e. The summed E-state index contributed by atoms with van der Waals surface area (Å²) in [7, 11) is 0. The van der Waals surface area contributed by atoms with Crippen LogP contribution in [0, 0.1) is 6.92 Å². The van der Waals surface area contributed by atoms with Crippen molar-refractivity contribution in [3.63, 3.8) is 0 Å². The highest BCUT2D eigenvalue weighted by molar-refractivity contribution is 6.36.